The first kappa shape index (κ1) is 13.4. The minimum Gasteiger partial charge on any atom is -0.383 e. The summed E-state index contributed by atoms with van der Waals surface area (Å²) in [7, 11) is 0. The van der Waals surface area contributed by atoms with Crippen molar-refractivity contribution in [3.8, 4) is 5.69 Å². The minimum absolute atomic E-state index is 0.726. The average Bonchev–Trinajstić information content (AvgIpc) is 2.83. The molecule has 106 valence electrons. The lowest BCUT2D eigenvalue weighted by atomic mass is 10.1. The molecule has 0 atom stereocenters. The number of hydrogen-bond acceptors (Lipinski definition) is 2. The molecule has 0 saturated heterocycles. The highest BCUT2D eigenvalue weighted by Gasteiger charge is 2.12. The van der Waals surface area contributed by atoms with E-state index in [1.165, 1.54) is 5.56 Å². The van der Waals surface area contributed by atoms with Gasteiger partial charge in [0.25, 0.3) is 0 Å². The third-order valence-electron chi connectivity index (χ3n) is 3.76. The molecular formula is C18H19N3. The number of aryl methyl sites for hydroxylation is 2. The van der Waals surface area contributed by atoms with Crippen molar-refractivity contribution in [2.45, 2.75) is 19.8 Å². The van der Waals surface area contributed by atoms with Crippen LogP contribution in [0.15, 0.2) is 60.7 Å². The van der Waals surface area contributed by atoms with Gasteiger partial charge in [0.1, 0.15) is 5.82 Å². The maximum absolute atomic E-state index is 6.20. The number of para-hydroxylation sites is 1. The number of aromatic nitrogens is 2. The SMILES string of the molecule is Cc1c(CCc2ccccc2)nn(-c2ccccc2)c1N. The minimum atomic E-state index is 0.726. The Hall–Kier alpha value is -2.55. The van der Waals surface area contributed by atoms with Crippen LogP contribution in [-0.4, -0.2) is 9.78 Å². The van der Waals surface area contributed by atoms with E-state index >= 15 is 0 Å². The lowest BCUT2D eigenvalue weighted by Crippen LogP contribution is -2.02. The number of hydrogen-bond donors (Lipinski definition) is 1. The molecule has 2 aromatic carbocycles. The molecule has 2 N–H and O–H groups in total. The standard InChI is InChI=1S/C18H19N3/c1-14-17(13-12-15-8-4-2-5-9-15)20-21(18(14)19)16-10-6-3-7-11-16/h2-11H,12-13,19H2,1H3. The van der Waals surface area contributed by atoms with Gasteiger partial charge in [-0.15, -0.1) is 0 Å². The highest BCUT2D eigenvalue weighted by molar-refractivity contribution is 5.49. The van der Waals surface area contributed by atoms with Crippen molar-refractivity contribution < 1.29 is 0 Å². The van der Waals surface area contributed by atoms with Gasteiger partial charge in [-0.25, -0.2) is 4.68 Å². The Bertz CT molecular complexity index is 715. The molecule has 0 aliphatic rings. The van der Waals surface area contributed by atoms with E-state index in [0.717, 1.165) is 35.6 Å². The molecule has 21 heavy (non-hydrogen) atoms. The van der Waals surface area contributed by atoms with Crippen molar-refractivity contribution >= 4 is 5.82 Å². The number of anilines is 1. The lowest BCUT2D eigenvalue weighted by molar-refractivity contribution is 0.821. The fourth-order valence-corrected chi connectivity index (χ4v) is 2.47. The van der Waals surface area contributed by atoms with Crippen LogP contribution in [0.25, 0.3) is 5.69 Å². The Morgan fingerprint density at radius 3 is 2.19 bits per heavy atom. The van der Waals surface area contributed by atoms with Crippen LogP contribution >= 0.6 is 0 Å². The zero-order chi connectivity index (χ0) is 14.7. The smallest absolute Gasteiger partial charge is 0.130 e. The van der Waals surface area contributed by atoms with Gasteiger partial charge in [0, 0.05) is 5.56 Å². The Kier molecular flexibility index (Phi) is 3.73. The predicted molar refractivity (Wildman–Crippen MR) is 86.6 cm³/mol. The van der Waals surface area contributed by atoms with E-state index in [1.807, 2.05) is 48.0 Å². The van der Waals surface area contributed by atoms with Crippen molar-refractivity contribution in [2.24, 2.45) is 0 Å². The van der Waals surface area contributed by atoms with Gasteiger partial charge in [-0.3, -0.25) is 0 Å². The van der Waals surface area contributed by atoms with Crippen molar-refractivity contribution in [1.29, 1.82) is 0 Å². The van der Waals surface area contributed by atoms with Crippen LogP contribution in [0.1, 0.15) is 16.8 Å². The normalized spacial score (nSPS) is 10.7. The third-order valence-corrected chi connectivity index (χ3v) is 3.76. The molecule has 0 bridgehead atoms. The van der Waals surface area contributed by atoms with Crippen molar-refractivity contribution in [1.82, 2.24) is 9.78 Å². The van der Waals surface area contributed by atoms with Crippen LogP contribution in [0.4, 0.5) is 5.82 Å². The van der Waals surface area contributed by atoms with Crippen LogP contribution < -0.4 is 5.73 Å². The van der Waals surface area contributed by atoms with Gasteiger partial charge >= 0.3 is 0 Å². The Balaban J connectivity index is 1.84. The molecule has 3 nitrogen and oxygen atoms in total. The van der Waals surface area contributed by atoms with Crippen molar-refractivity contribution in [3.63, 3.8) is 0 Å². The topological polar surface area (TPSA) is 43.8 Å². The van der Waals surface area contributed by atoms with Crippen molar-refractivity contribution in [3.05, 3.63) is 77.5 Å². The van der Waals surface area contributed by atoms with Crippen LogP contribution in [0, 0.1) is 6.92 Å². The van der Waals surface area contributed by atoms with E-state index < -0.39 is 0 Å². The van der Waals surface area contributed by atoms with Gasteiger partial charge in [0.2, 0.25) is 0 Å². The molecule has 0 aliphatic heterocycles. The molecular weight excluding hydrogens is 258 g/mol. The summed E-state index contributed by atoms with van der Waals surface area (Å²) in [6, 6.07) is 20.5. The number of benzene rings is 2. The van der Waals surface area contributed by atoms with Gasteiger partial charge in [-0.05, 0) is 37.5 Å². The summed E-state index contributed by atoms with van der Waals surface area (Å²) in [4.78, 5) is 0. The van der Waals surface area contributed by atoms with Crippen LogP contribution in [0.3, 0.4) is 0 Å². The summed E-state index contributed by atoms with van der Waals surface area (Å²) in [5.74, 6) is 0.726. The maximum atomic E-state index is 6.20. The fraction of sp³-hybridized carbons (Fsp3) is 0.167. The molecule has 0 unspecified atom stereocenters. The van der Waals surface area contributed by atoms with Gasteiger partial charge in [-0.1, -0.05) is 48.5 Å². The van der Waals surface area contributed by atoms with Gasteiger partial charge in [-0.2, -0.15) is 5.10 Å². The highest BCUT2D eigenvalue weighted by atomic mass is 15.3. The molecule has 0 spiro atoms. The number of nitrogens with zero attached hydrogens (tertiary/aromatic N) is 2. The first-order valence-electron chi connectivity index (χ1n) is 7.19. The highest BCUT2D eigenvalue weighted by Crippen LogP contribution is 2.21. The number of nitrogens with two attached hydrogens (primary N) is 1. The molecule has 3 aromatic rings. The van der Waals surface area contributed by atoms with E-state index in [1.54, 1.807) is 0 Å². The zero-order valence-corrected chi connectivity index (χ0v) is 12.2. The number of rotatable bonds is 4. The summed E-state index contributed by atoms with van der Waals surface area (Å²) >= 11 is 0. The monoisotopic (exact) mass is 277 g/mol. The van der Waals surface area contributed by atoms with Crippen molar-refractivity contribution in [2.75, 3.05) is 5.73 Å². The number of nitrogen functional groups attached to an aromatic ring is 1. The van der Waals surface area contributed by atoms with E-state index in [-0.39, 0.29) is 0 Å². The van der Waals surface area contributed by atoms with Crippen LogP contribution in [-0.2, 0) is 12.8 Å². The molecule has 0 amide bonds. The predicted octanol–water partition coefficient (Wildman–Crippen LogP) is 3.55. The molecule has 0 radical (unpaired) electrons. The molecule has 3 heteroatoms. The summed E-state index contributed by atoms with van der Waals surface area (Å²) < 4.78 is 1.83. The molecule has 0 saturated carbocycles. The third kappa shape index (κ3) is 2.82. The molecule has 3 rings (SSSR count). The van der Waals surface area contributed by atoms with E-state index in [2.05, 4.69) is 29.4 Å². The first-order chi connectivity index (χ1) is 10.3. The quantitative estimate of drug-likeness (QED) is 0.792. The summed E-state index contributed by atoms with van der Waals surface area (Å²) in [6.45, 7) is 2.04. The average molecular weight is 277 g/mol. The second-order valence-corrected chi connectivity index (χ2v) is 5.19. The van der Waals surface area contributed by atoms with E-state index in [9.17, 15) is 0 Å². The van der Waals surface area contributed by atoms with Crippen LogP contribution in [0.2, 0.25) is 0 Å². The lowest BCUT2D eigenvalue weighted by Gasteiger charge is -2.02. The summed E-state index contributed by atoms with van der Waals surface area (Å²) in [5, 5.41) is 4.69. The van der Waals surface area contributed by atoms with Gasteiger partial charge < -0.3 is 5.73 Å². The van der Waals surface area contributed by atoms with Crippen LogP contribution in [0.5, 0.6) is 0 Å². The summed E-state index contributed by atoms with van der Waals surface area (Å²) in [6.07, 6.45) is 1.88. The summed E-state index contributed by atoms with van der Waals surface area (Å²) in [5.41, 5.74) is 10.7. The fourth-order valence-electron chi connectivity index (χ4n) is 2.47. The Labute approximate surface area is 125 Å². The largest absolute Gasteiger partial charge is 0.383 e. The molecule has 1 heterocycles. The van der Waals surface area contributed by atoms with E-state index in [0.29, 0.717) is 0 Å². The molecule has 0 aliphatic carbocycles. The van der Waals surface area contributed by atoms with Gasteiger partial charge in [0.15, 0.2) is 0 Å². The van der Waals surface area contributed by atoms with E-state index in [4.69, 9.17) is 5.73 Å². The molecule has 1 aromatic heterocycles. The molecule has 0 fully saturated rings. The second kappa shape index (κ2) is 5.83. The zero-order valence-electron chi connectivity index (χ0n) is 12.2. The second-order valence-electron chi connectivity index (χ2n) is 5.19. The maximum Gasteiger partial charge on any atom is 0.130 e. The first-order valence-corrected chi connectivity index (χ1v) is 7.19. The Morgan fingerprint density at radius 1 is 0.905 bits per heavy atom. The van der Waals surface area contributed by atoms with Gasteiger partial charge in [0.05, 0.1) is 11.4 Å². The Morgan fingerprint density at radius 2 is 1.52 bits per heavy atom.